The second-order valence-corrected chi connectivity index (χ2v) is 7.79. The molecule has 2 aromatic heterocycles. The molecule has 0 bridgehead atoms. The van der Waals surface area contributed by atoms with E-state index in [0.717, 1.165) is 16.7 Å². The number of pyridine rings is 2. The summed E-state index contributed by atoms with van der Waals surface area (Å²) in [5.41, 5.74) is 2.38. The third-order valence-electron chi connectivity index (χ3n) is 5.57. The average molecular weight is 431 g/mol. The molecule has 0 unspecified atom stereocenters. The van der Waals surface area contributed by atoms with Gasteiger partial charge in [0, 0.05) is 44.3 Å². The number of hydrogen-bond acceptors (Lipinski definition) is 5. The summed E-state index contributed by atoms with van der Waals surface area (Å²) in [5.74, 6) is -0.359. The lowest BCUT2D eigenvalue weighted by Crippen LogP contribution is -2.62. The number of benzene rings is 1. The topological polar surface area (TPSA) is 84.4 Å². The molecule has 1 aromatic carbocycles. The maximum absolute atomic E-state index is 13.1. The predicted octanol–water partition coefficient (Wildman–Crippen LogP) is 2.73. The number of likely N-dealkylation sites (N-methyl/N-ethyl adjacent to an activating group) is 1. The lowest BCUT2D eigenvalue weighted by Gasteiger charge is -2.41. The zero-order chi connectivity index (χ0) is 22.4. The minimum Gasteiger partial charge on any atom is -0.361 e. The van der Waals surface area contributed by atoms with Gasteiger partial charge in [0.25, 0.3) is 11.8 Å². The molecule has 164 valence electrons. The molecule has 3 heterocycles. The zero-order valence-corrected chi connectivity index (χ0v) is 18.0. The van der Waals surface area contributed by atoms with E-state index in [0.29, 0.717) is 25.1 Å². The lowest BCUT2D eigenvalue weighted by molar-refractivity contribution is -0.157. The smallest absolute Gasteiger partial charge is 0.255 e. The highest BCUT2D eigenvalue weighted by Gasteiger charge is 2.45. The van der Waals surface area contributed by atoms with E-state index in [9.17, 15) is 9.59 Å². The molecule has 0 radical (unpaired) electrons. The van der Waals surface area contributed by atoms with Gasteiger partial charge in [0.05, 0.1) is 18.7 Å². The van der Waals surface area contributed by atoms with Gasteiger partial charge >= 0.3 is 0 Å². The number of morpholine rings is 1. The van der Waals surface area contributed by atoms with Crippen LogP contribution in [-0.2, 0) is 16.0 Å². The van der Waals surface area contributed by atoms with E-state index in [-0.39, 0.29) is 25.0 Å². The van der Waals surface area contributed by atoms with Crippen molar-refractivity contribution in [3.05, 3.63) is 84.4 Å². The summed E-state index contributed by atoms with van der Waals surface area (Å²) in [4.78, 5) is 36.0. The second kappa shape index (κ2) is 9.70. The number of carbonyl (C=O) groups excluding carboxylic acids is 2. The molecular formula is C25H26N4O3. The number of rotatable bonds is 6. The zero-order valence-electron chi connectivity index (χ0n) is 18.0. The van der Waals surface area contributed by atoms with Gasteiger partial charge in [-0.05, 0) is 41.8 Å². The maximum atomic E-state index is 13.1. The predicted molar refractivity (Wildman–Crippen MR) is 121 cm³/mol. The summed E-state index contributed by atoms with van der Waals surface area (Å²) in [5, 5.41) is 2.89. The van der Waals surface area contributed by atoms with E-state index in [1.165, 1.54) is 0 Å². The van der Waals surface area contributed by atoms with Gasteiger partial charge < -0.3 is 15.0 Å². The van der Waals surface area contributed by atoms with Gasteiger partial charge in [-0.3, -0.25) is 19.6 Å². The fourth-order valence-corrected chi connectivity index (χ4v) is 3.95. The van der Waals surface area contributed by atoms with Crippen molar-refractivity contribution < 1.29 is 14.3 Å². The molecule has 1 saturated heterocycles. The number of nitrogens with zero attached hydrogens (tertiary/aromatic N) is 3. The number of ether oxygens (including phenoxy) is 1. The average Bonchev–Trinajstić information content (AvgIpc) is 2.85. The van der Waals surface area contributed by atoms with Gasteiger partial charge in [-0.15, -0.1) is 0 Å². The molecule has 1 fully saturated rings. The van der Waals surface area contributed by atoms with E-state index in [2.05, 4.69) is 15.3 Å². The molecular weight excluding hydrogens is 404 g/mol. The van der Waals surface area contributed by atoms with Crippen LogP contribution in [-0.4, -0.2) is 58.5 Å². The Bertz CT molecular complexity index is 1060. The van der Waals surface area contributed by atoms with Crippen molar-refractivity contribution in [3.63, 3.8) is 0 Å². The Morgan fingerprint density at radius 1 is 1.03 bits per heavy atom. The van der Waals surface area contributed by atoms with E-state index < -0.39 is 5.60 Å². The van der Waals surface area contributed by atoms with E-state index in [4.69, 9.17) is 4.74 Å². The van der Waals surface area contributed by atoms with E-state index >= 15 is 0 Å². The van der Waals surface area contributed by atoms with Crippen LogP contribution in [0.1, 0.15) is 22.8 Å². The van der Waals surface area contributed by atoms with E-state index in [1.807, 2.05) is 49.5 Å². The van der Waals surface area contributed by atoms with Crippen LogP contribution in [0.4, 0.5) is 0 Å². The Balaban J connectivity index is 1.57. The van der Waals surface area contributed by atoms with Crippen LogP contribution >= 0.6 is 0 Å². The van der Waals surface area contributed by atoms with E-state index in [1.54, 1.807) is 35.6 Å². The molecule has 2 amide bonds. The van der Waals surface area contributed by atoms with Gasteiger partial charge in [-0.25, -0.2) is 0 Å². The highest BCUT2D eigenvalue weighted by atomic mass is 16.5. The van der Waals surface area contributed by atoms with Gasteiger partial charge in [0.15, 0.2) is 5.60 Å². The quantitative estimate of drug-likeness (QED) is 0.650. The highest BCUT2D eigenvalue weighted by molar-refractivity contribution is 5.95. The summed E-state index contributed by atoms with van der Waals surface area (Å²) in [7, 11) is 0. The van der Waals surface area contributed by atoms with Crippen molar-refractivity contribution >= 4 is 11.8 Å². The summed E-state index contributed by atoms with van der Waals surface area (Å²) >= 11 is 0. The van der Waals surface area contributed by atoms with Gasteiger partial charge in [-0.1, -0.05) is 30.3 Å². The molecule has 1 aliphatic heterocycles. The molecule has 3 aromatic rings. The Hall–Kier alpha value is -3.58. The van der Waals surface area contributed by atoms with Crippen LogP contribution in [0, 0.1) is 0 Å². The Morgan fingerprint density at radius 3 is 2.44 bits per heavy atom. The Kier molecular flexibility index (Phi) is 6.56. The number of carbonyl (C=O) groups is 2. The first-order valence-electron chi connectivity index (χ1n) is 10.7. The van der Waals surface area contributed by atoms with Crippen LogP contribution in [0.3, 0.4) is 0 Å². The minimum atomic E-state index is -1.15. The first-order valence-corrected chi connectivity index (χ1v) is 10.7. The van der Waals surface area contributed by atoms with Crippen LogP contribution < -0.4 is 5.32 Å². The first kappa shape index (κ1) is 21.6. The van der Waals surface area contributed by atoms with Crippen molar-refractivity contribution in [2.24, 2.45) is 0 Å². The monoisotopic (exact) mass is 430 g/mol. The molecule has 1 N–H and O–H groups in total. The van der Waals surface area contributed by atoms with Crippen LogP contribution in [0.5, 0.6) is 0 Å². The van der Waals surface area contributed by atoms with Crippen LogP contribution in [0.2, 0.25) is 0 Å². The summed E-state index contributed by atoms with van der Waals surface area (Å²) in [6.45, 7) is 3.25. The minimum absolute atomic E-state index is 0.151. The summed E-state index contributed by atoms with van der Waals surface area (Å²) in [6, 6.07) is 15.4. The standard InChI is InChI=1S/C25H26N4O3/c1-2-28-24(31)25(15-19-7-9-20(10-8-19)21-5-3-11-26-16-21)18-29(13-14-32-25)23(30)22-6-4-12-27-17-22/h3-12,16-17H,2,13-15,18H2,1H3,(H,28,31)/t25-/m0/s1. The molecule has 1 aliphatic rings. The molecule has 1 atom stereocenters. The van der Waals surface area contributed by atoms with Gasteiger partial charge in [-0.2, -0.15) is 0 Å². The SMILES string of the molecule is CCNC(=O)[C@]1(Cc2ccc(-c3cccnc3)cc2)CN(C(=O)c2cccnc2)CCO1. The highest BCUT2D eigenvalue weighted by Crippen LogP contribution is 2.27. The molecule has 0 spiro atoms. The molecule has 7 heteroatoms. The number of hydrogen-bond donors (Lipinski definition) is 1. The Morgan fingerprint density at radius 2 is 1.78 bits per heavy atom. The molecule has 7 nitrogen and oxygen atoms in total. The van der Waals surface area contributed by atoms with Crippen molar-refractivity contribution in [1.29, 1.82) is 0 Å². The molecule has 4 rings (SSSR count). The molecule has 0 saturated carbocycles. The summed E-state index contributed by atoms with van der Waals surface area (Å²) in [6.07, 6.45) is 7.10. The van der Waals surface area contributed by atoms with Crippen LogP contribution in [0.25, 0.3) is 11.1 Å². The fourth-order valence-electron chi connectivity index (χ4n) is 3.95. The number of aromatic nitrogens is 2. The number of amides is 2. The van der Waals surface area contributed by atoms with Crippen molar-refractivity contribution in [2.75, 3.05) is 26.2 Å². The number of nitrogens with one attached hydrogen (secondary N) is 1. The Labute approximate surface area is 187 Å². The lowest BCUT2D eigenvalue weighted by atomic mass is 9.90. The van der Waals surface area contributed by atoms with Crippen molar-refractivity contribution in [2.45, 2.75) is 18.9 Å². The third-order valence-corrected chi connectivity index (χ3v) is 5.57. The normalized spacial score (nSPS) is 18.2. The third kappa shape index (κ3) is 4.68. The molecule has 32 heavy (non-hydrogen) atoms. The van der Waals surface area contributed by atoms with Gasteiger partial charge in [0.2, 0.25) is 0 Å². The summed E-state index contributed by atoms with van der Waals surface area (Å²) < 4.78 is 6.08. The second-order valence-electron chi connectivity index (χ2n) is 7.79. The fraction of sp³-hybridized carbons (Fsp3) is 0.280. The van der Waals surface area contributed by atoms with Gasteiger partial charge in [0.1, 0.15) is 0 Å². The largest absolute Gasteiger partial charge is 0.361 e. The van der Waals surface area contributed by atoms with Crippen molar-refractivity contribution in [1.82, 2.24) is 20.2 Å². The van der Waals surface area contributed by atoms with Crippen LogP contribution in [0.15, 0.2) is 73.3 Å². The first-order chi connectivity index (χ1) is 15.6. The maximum Gasteiger partial charge on any atom is 0.255 e. The van der Waals surface area contributed by atoms with Crippen molar-refractivity contribution in [3.8, 4) is 11.1 Å². The molecule has 0 aliphatic carbocycles.